The van der Waals surface area contributed by atoms with Gasteiger partial charge in [-0.1, -0.05) is 6.42 Å². The lowest BCUT2D eigenvalue weighted by Gasteiger charge is -2.22. The molecule has 1 heterocycles. The zero-order valence-corrected chi connectivity index (χ0v) is 10.3. The van der Waals surface area contributed by atoms with E-state index in [-0.39, 0.29) is 11.9 Å². The van der Waals surface area contributed by atoms with Gasteiger partial charge in [-0.3, -0.25) is 4.79 Å². The van der Waals surface area contributed by atoms with E-state index in [0.717, 1.165) is 52.0 Å². The zero-order valence-electron chi connectivity index (χ0n) is 10.3. The molecule has 1 amide bonds. The molecule has 0 aromatic carbocycles. The molecule has 0 aromatic rings. The van der Waals surface area contributed by atoms with E-state index in [9.17, 15) is 4.79 Å². The number of rotatable bonds is 7. The van der Waals surface area contributed by atoms with Gasteiger partial charge in [-0.25, -0.2) is 0 Å². The Kier molecular flexibility index (Phi) is 7.17. The highest BCUT2D eigenvalue weighted by atomic mass is 16.5. The highest BCUT2D eigenvalue weighted by Crippen LogP contribution is 2.06. The molecule has 1 saturated heterocycles. The third-order valence-corrected chi connectivity index (χ3v) is 2.85. The van der Waals surface area contributed by atoms with Crippen LogP contribution in [0.25, 0.3) is 0 Å². The van der Waals surface area contributed by atoms with Gasteiger partial charge in [-0.05, 0) is 39.2 Å². The third kappa shape index (κ3) is 5.47. The first-order chi connectivity index (χ1) is 7.84. The Labute approximate surface area is 98.1 Å². The minimum atomic E-state index is 0.0423. The standard InChI is InChI=1S/C12H24N2O2/c1-2-16-10-6-5-9-14-12(15)11-7-3-4-8-13-11/h11,13H,2-10H2,1H3,(H,14,15). The van der Waals surface area contributed by atoms with Crippen LogP contribution in [0, 0.1) is 0 Å². The summed E-state index contributed by atoms with van der Waals surface area (Å²) in [6.45, 7) is 5.31. The number of piperidine rings is 1. The molecule has 0 aromatic heterocycles. The largest absolute Gasteiger partial charge is 0.382 e. The van der Waals surface area contributed by atoms with Gasteiger partial charge in [0.25, 0.3) is 0 Å². The summed E-state index contributed by atoms with van der Waals surface area (Å²) >= 11 is 0. The summed E-state index contributed by atoms with van der Waals surface area (Å²) in [6, 6.07) is 0.0423. The van der Waals surface area contributed by atoms with Crippen LogP contribution >= 0.6 is 0 Å². The van der Waals surface area contributed by atoms with E-state index in [2.05, 4.69) is 10.6 Å². The Morgan fingerprint density at radius 1 is 1.44 bits per heavy atom. The molecule has 1 aliphatic rings. The van der Waals surface area contributed by atoms with Gasteiger partial charge in [-0.2, -0.15) is 0 Å². The predicted molar refractivity (Wildman–Crippen MR) is 64.4 cm³/mol. The van der Waals surface area contributed by atoms with Crippen molar-refractivity contribution in [1.29, 1.82) is 0 Å². The molecule has 4 nitrogen and oxygen atoms in total. The van der Waals surface area contributed by atoms with Crippen molar-refractivity contribution in [1.82, 2.24) is 10.6 Å². The molecule has 0 radical (unpaired) electrons. The highest BCUT2D eigenvalue weighted by molar-refractivity contribution is 5.81. The van der Waals surface area contributed by atoms with Crippen molar-refractivity contribution >= 4 is 5.91 Å². The maximum Gasteiger partial charge on any atom is 0.237 e. The third-order valence-electron chi connectivity index (χ3n) is 2.85. The lowest BCUT2D eigenvalue weighted by Crippen LogP contribution is -2.46. The second-order valence-electron chi connectivity index (χ2n) is 4.20. The first-order valence-corrected chi connectivity index (χ1v) is 6.43. The summed E-state index contributed by atoms with van der Waals surface area (Å²) in [6.07, 6.45) is 5.35. The molecule has 1 unspecified atom stereocenters. The summed E-state index contributed by atoms with van der Waals surface area (Å²) < 4.78 is 5.23. The van der Waals surface area contributed by atoms with Gasteiger partial charge in [0.1, 0.15) is 0 Å². The number of unbranched alkanes of at least 4 members (excludes halogenated alkanes) is 1. The Morgan fingerprint density at radius 2 is 2.31 bits per heavy atom. The van der Waals surface area contributed by atoms with Gasteiger partial charge in [0.05, 0.1) is 6.04 Å². The fraction of sp³-hybridized carbons (Fsp3) is 0.917. The summed E-state index contributed by atoms with van der Waals surface area (Å²) in [7, 11) is 0. The van der Waals surface area contributed by atoms with Crippen molar-refractivity contribution in [3.63, 3.8) is 0 Å². The first kappa shape index (κ1) is 13.5. The minimum absolute atomic E-state index is 0.0423. The van der Waals surface area contributed by atoms with E-state index in [1.54, 1.807) is 0 Å². The Bertz CT molecular complexity index is 191. The normalized spacial score (nSPS) is 20.7. The first-order valence-electron chi connectivity index (χ1n) is 6.43. The van der Waals surface area contributed by atoms with E-state index >= 15 is 0 Å². The summed E-state index contributed by atoms with van der Waals surface area (Å²) in [5.74, 6) is 0.163. The van der Waals surface area contributed by atoms with Crippen LogP contribution in [0.1, 0.15) is 39.0 Å². The maximum absolute atomic E-state index is 11.7. The Balaban J connectivity index is 1.97. The van der Waals surface area contributed by atoms with Crippen LogP contribution in [-0.4, -0.2) is 38.3 Å². The number of carbonyl (C=O) groups is 1. The lowest BCUT2D eigenvalue weighted by atomic mass is 10.0. The van der Waals surface area contributed by atoms with Crippen LogP contribution in [-0.2, 0) is 9.53 Å². The molecule has 0 aliphatic carbocycles. The highest BCUT2D eigenvalue weighted by Gasteiger charge is 2.19. The second kappa shape index (κ2) is 8.53. The number of carbonyl (C=O) groups excluding carboxylic acids is 1. The average Bonchev–Trinajstić information content (AvgIpc) is 2.34. The monoisotopic (exact) mass is 228 g/mol. The van der Waals surface area contributed by atoms with Gasteiger partial charge >= 0.3 is 0 Å². The van der Waals surface area contributed by atoms with Crippen molar-refractivity contribution in [2.45, 2.75) is 45.1 Å². The number of amides is 1. The van der Waals surface area contributed by atoms with Crippen LogP contribution in [0.2, 0.25) is 0 Å². The van der Waals surface area contributed by atoms with Gasteiger partial charge in [0.15, 0.2) is 0 Å². The fourth-order valence-electron chi connectivity index (χ4n) is 1.88. The molecule has 2 N–H and O–H groups in total. The van der Waals surface area contributed by atoms with Crippen LogP contribution in [0.15, 0.2) is 0 Å². The molecule has 94 valence electrons. The summed E-state index contributed by atoms with van der Waals surface area (Å²) in [5.41, 5.74) is 0. The van der Waals surface area contributed by atoms with E-state index in [1.165, 1.54) is 6.42 Å². The SMILES string of the molecule is CCOCCCCNC(=O)C1CCCCN1. The van der Waals surface area contributed by atoms with E-state index in [0.29, 0.717) is 0 Å². The molecule has 4 heteroatoms. The molecule has 1 aliphatic heterocycles. The number of ether oxygens (including phenoxy) is 1. The second-order valence-corrected chi connectivity index (χ2v) is 4.20. The molecule has 1 rings (SSSR count). The smallest absolute Gasteiger partial charge is 0.237 e. The van der Waals surface area contributed by atoms with Crippen LogP contribution in [0.4, 0.5) is 0 Å². The molecule has 0 bridgehead atoms. The topological polar surface area (TPSA) is 50.4 Å². The van der Waals surface area contributed by atoms with E-state index < -0.39 is 0 Å². The molecule has 0 saturated carbocycles. The fourth-order valence-corrected chi connectivity index (χ4v) is 1.88. The van der Waals surface area contributed by atoms with E-state index in [4.69, 9.17) is 4.74 Å². The Hall–Kier alpha value is -0.610. The van der Waals surface area contributed by atoms with Crippen LogP contribution in [0.5, 0.6) is 0 Å². The minimum Gasteiger partial charge on any atom is -0.382 e. The quantitative estimate of drug-likeness (QED) is 0.641. The van der Waals surface area contributed by atoms with Crippen molar-refractivity contribution < 1.29 is 9.53 Å². The van der Waals surface area contributed by atoms with Crippen LogP contribution in [0.3, 0.4) is 0 Å². The number of hydrogen-bond donors (Lipinski definition) is 2. The van der Waals surface area contributed by atoms with Gasteiger partial charge < -0.3 is 15.4 Å². The number of nitrogens with one attached hydrogen (secondary N) is 2. The van der Waals surface area contributed by atoms with E-state index in [1.807, 2.05) is 6.92 Å². The van der Waals surface area contributed by atoms with Crippen molar-refractivity contribution in [3.8, 4) is 0 Å². The average molecular weight is 228 g/mol. The van der Waals surface area contributed by atoms with Crippen LogP contribution < -0.4 is 10.6 Å². The van der Waals surface area contributed by atoms with Gasteiger partial charge in [-0.15, -0.1) is 0 Å². The van der Waals surface area contributed by atoms with Gasteiger partial charge in [0, 0.05) is 19.8 Å². The summed E-state index contributed by atoms with van der Waals surface area (Å²) in [4.78, 5) is 11.7. The lowest BCUT2D eigenvalue weighted by molar-refractivity contribution is -0.123. The maximum atomic E-state index is 11.7. The molecular weight excluding hydrogens is 204 g/mol. The zero-order chi connectivity index (χ0) is 11.6. The van der Waals surface area contributed by atoms with Crippen molar-refractivity contribution in [2.75, 3.05) is 26.3 Å². The predicted octanol–water partition coefficient (Wildman–Crippen LogP) is 1.06. The molecule has 16 heavy (non-hydrogen) atoms. The summed E-state index contributed by atoms with van der Waals surface area (Å²) in [5, 5.41) is 6.22. The van der Waals surface area contributed by atoms with Crippen molar-refractivity contribution in [3.05, 3.63) is 0 Å². The van der Waals surface area contributed by atoms with Crippen molar-refractivity contribution in [2.24, 2.45) is 0 Å². The Morgan fingerprint density at radius 3 is 3.00 bits per heavy atom. The molecular formula is C12H24N2O2. The number of hydrogen-bond acceptors (Lipinski definition) is 3. The molecule has 0 spiro atoms. The van der Waals surface area contributed by atoms with Gasteiger partial charge in [0.2, 0.25) is 5.91 Å². The molecule has 1 fully saturated rings. The molecule has 1 atom stereocenters.